The molecular formula is C9H17FN2OS. The van der Waals surface area contributed by atoms with Crippen LogP contribution in [0.15, 0.2) is 0 Å². The molecule has 2 heterocycles. The van der Waals surface area contributed by atoms with Gasteiger partial charge in [0.1, 0.15) is 6.17 Å². The second-order valence-corrected chi connectivity index (χ2v) is 5.66. The minimum absolute atomic E-state index is 0.0635. The van der Waals surface area contributed by atoms with Crippen LogP contribution in [0, 0.1) is 0 Å². The molecule has 2 saturated heterocycles. The fraction of sp³-hybridized carbons (Fsp3) is 1.00. The van der Waals surface area contributed by atoms with Gasteiger partial charge >= 0.3 is 0 Å². The molecule has 2 aliphatic rings. The zero-order chi connectivity index (χ0) is 9.97. The van der Waals surface area contributed by atoms with Crippen molar-refractivity contribution in [3.05, 3.63) is 0 Å². The highest BCUT2D eigenvalue weighted by molar-refractivity contribution is 7.85. The van der Waals surface area contributed by atoms with Crippen LogP contribution in [0.3, 0.4) is 0 Å². The Hall–Kier alpha value is -0.0000000000000000555. The molecule has 2 atom stereocenters. The van der Waals surface area contributed by atoms with Gasteiger partial charge in [-0.1, -0.05) is 0 Å². The highest BCUT2D eigenvalue weighted by atomic mass is 32.2. The molecule has 0 saturated carbocycles. The van der Waals surface area contributed by atoms with E-state index in [0.717, 1.165) is 37.6 Å². The van der Waals surface area contributed by atoms with Gasteiger partial charge in [0.2, 0.25) is 0 Å². The van der Waals surface area contributed by atoms with Crippen LogP contribution in [-0.4, -0.2) is 59.0 Å². The van der Waals surface area contributed by atoms with Crippen LogP contribution in [0.4, 0.5) is 4.39 Å². The van der Waals surface area contributed by atoms with E-state index in [-0.39, 0.29) is 6.04 Å². The van der Waals surface area contributed by atoms with Gasteiger partial charge in [0, 0.05) is 48.0 Å². The average molecular weight is 220 g/mol. The highest BCUT2D eigenvalue weighted by Crippen LogP contribution is 2.16. The molecule has 0 aliphatic carbocycles. The van der Waals surface area contributed by atoms with E-state index >= 15 is 0 Å². The van der Waals surface area contributed by atoms with Crippen LogP contribution in [0.5, 0.6) is 0 Å². The minimum Gasteiger partial charge on any atom is -0.314 e. The SMILES string of the molecule is O=S1CCN(C2CCNCC2F)CC1. The van der Waals surface area contributed by atoms with Crippen molar-refractivity contribution in [1.29, 1.82) is 0 Å². The molecule has 3 nitrogen and oxygen atoms in total. The van der Waals surface area contributed by atoms with E-state index in [1.54, 1.807) is 0 Å². The van der Waals surface area contributed by atoms with E-state index in [0.29, 0.717) is 6.54 Å². The molecule has 0 aromatic carbocycles. The number of hydrogen-bond donors (Lipinski definition) is 1. The van der Waals surface area contributed by atoms with Gasteiger partial charge in [0.25, 0.3) is 0 Å². The Morgan fingerprint density at radius 3 is 2.71 bits per heavy atom. The van der Waals surface area contributed by atoms with Gasteiger partial charge < -0.3 is 5.32 Å². The zero-order valence-corrected chi connectivity index (χ0v) is 9.06. The maximum Gasteiger partial charge on any atom is 0.128 e. The van der Waals surface area contributed by atoms with E-state index in [1.165, 1.54) is 0 Å². The Bertz CT molecular complexity index is 217. The smallest absolute Gasteiger partial charge is 0.128 e. The van der Waals surface area contributed by atoms with E-state index < -0.39 is 17.0 Å². The Kier molecular flexibility index (Phi) is 3.52. The quantitative estimate of drug-likeness (QED) is 0.661. The number of hydrogen-bond acceptors (Lipinski definition) is 3. The Morgan fingerprint density at radius 1 is 1.36 bits per heavy atom. The molecular weight excluding hydrogens is 203 g/mol. The van der Waals surface area contributed by atoms with Gasteiger partial charge in [0.15, 0.2) is 0 Å². The molecule has 0 spiro atoms. The average Bonchev–Trinajstić information content (AvgIpc) is 2.20. The van der Waals surface area contributed by atoms with Gasteiger partial charge in [-0.2, -0.15) is 0 Å². The van der Waals surface area contributed by atoms with Crippen molar-refractivity contribution in [3.63, 3.8) is 0 Å². The Morgan fingerprint density at radius 2 is 2.07 bits per heavy atom. The summed E-state index contributed by atoms with van der Waals surface area (Å²) in [6.45, 7) is 2.99. The molecule has 2 fully saturated rings. The molecule has 0 amide bonds. The second kappa shape index (κ2) is 4.68. The lowest BCUT2D eigenvalue weighted by molar-refractivity contribution is 0.0921. The Balaban J connectivity index is 1.90. The van der Waals surface area contributed by atoms with Crippen LogP contribution in [0.1, 0.15) is 6.42 Å². The first-order valence-corrected chi connectivity index (χ1v) is 6.70. The van der Waals surface area contributed by atoms with Crippen molar-refractivity contribution in [3.8, 4) is 0 Å². The fourth-order valence-corrected chi connectivity index (χ4v) is 3.28. The van der Waals surface area contributed by atoms with Gasteiger partial charge in [-0.05, 0) is 13.0 Å². The number of piperidine rings is 1. The summed E-state index contributed by atoms with van der Waals surface area (Å²) in [5.41, 5.74) is 0. The van der Waals surface area contributed by atoms with Crippen molar-refractivity contribution in [2.75, 3.05) is 37.7 Å². The van der Waals surface area contributed by atoms with Gasteiger partial charge in [-0.3, -0.25) is 9.11 Å². The molecule has 0 aromatic rings. The van der Waals surface area contributed by atoms with Gasteiger partial charge in [0.05, 0.1) is 0 Å². The van der Waals surface area contributed by atoms with E-state index in [1.807, 2.05) is 0 Å². The highest BCUT2D eigenvalue weighted by Gasteiger charge is 2.31. The molecule has 14 heavy (non-hydrogen) atoms. The monoisotopic (exact) mass is 220 g/mol. The van der Waals surface area contributed by atoms with Crippen molar-refractivity contribution >= 4 is 10.8 Å². The normalized spacial score (nSPS) is 37.2. The van der Waals surface area contributed by atoms with Crippen molar-refractivity contribution in [2.24, 2.45) is 0 Å². The van der Waals surface area contributed by atoms with Gasteiger partial charge in [-0.25, -0.2) is 4.39 Å². The largest absolute Gasteiger partial charge is 0.314 e. The lowest BCUT2D eigenvalue weighted by Gasteiger charge is -2.38. The second-order valence-electron chi connectivity index (χ2n) is 3.96. The molecule has 0 aromatic heterocycles. The molecule has 82 valence electrons. The lowest BCUT2D eigenvalue weighted by atomic mass is 10.0. The maximum absolute atomic E-state index is 13.5. The fourth-order valence-electron chi connectivity index (χ4n) is 2.20. The van der Waals surface area contributed by atoms with Crippen molar-refractivity contribution < 1.29 is 8.60 Å². The summed E-state index contributed by atoms with van der Waals surface area (Å²) in [7, 11) is -0.656. The predicted molar refractivity (Wildman–Crippen MR) is 55.6 cm³/mol. The first-order chi connectivity index (χ1) is 6.77. The summed E-state index contributed by atoms with van der Waals surface area (Å²) in [5, 5.41) is 3.05. The number of alkyl halides is 1. The summed E-state index contributed by atoms with van der Waals surface area (Å²) in [5.74, 6) is 1.44. The minimum atomic E-state index is -0.754. The molecule has 2 unspecified atom stereocenters. The zero-order valence-electron chi connectivity index (χ0n) is 8.25. The molecule has 0 bridgehead atoms. The summed E-state index contributed by atoms with van der Waals surface area (Å²) < 4.78 is 24.7. The van der Waals surface area contributed by atoms with E-state index in [4.69, 9.17) is 0 Å². The molecule has 5 heteroatoms. The molecule has 0 radical (unpaired) electrons. The lowest BCUT2D eigenvalue weighted by Crippen LogP contribution is -2.54. The third-order valence-corrected chi connectivity index (χ3v) is 4.33. The summed E-state index contributed by atoms with van der Waals surface area (Å²) >= 11 is 0. The number of halogens is 1. The molecule has 2 aliphatic heterocycles. The topological polar surface area (TPSA) is 32.3 Å². The molecule has 2 rings (SSSR count). The number of nitrogens with zero attached hydrogens (tertiary/aromatic N) is 1. The van der Waals surface area contributed by atoms with E-state index in [2.05, 4.69) is 10.2 Å². The van der Waals surface area contributed by atoms with Crippen LogP contribution >= 0.6 is 0 Å². The number of nitrogens with one attached hydrogen (secondary N) is 1. The molecule has 1 N–H and O–H groups in total. The maximum atomic E-state index is 13.5. The first-order valence-electron chi connectivity index (χ1n) is 5.21. The Labute approximate surface area is 86.5 Å². The van der Waals surface area contributed by atoms with Crippen LogP contribution < -0.4 is 5.32 Å². The van der Waals surface area contributed by atoms with Gasteiger partial charge in [-0.15, -0.1) is 0 Å². The number of rotatable bonds is 1. The summed E-state index contributed by atoms with van der Waals surface area (Å²) in [6, 6.07) is 0.0635. The standard InChI is InChI=1S/C9H17FN2OS/c10-8-7-11-2-1-9(8)12-3-5-14(13)6-4-12/h8-9,11H,1-7H2. The predicted octanol–water partition coefficient (Wildman–Crippen LogP) is -0.249. The third kappa shape index (κ3) is 2.32. The van der Waals surface area contributed by atoms with Crippen molar-refractivity contribution in [2.45, 2.75) is 18.6 Å². The van der Waals surface area contributed by atoms with E-state index in [9.17, 15) is 8.60 Å². The third-order valence-electron chi connectivity index (χ3n) is 3.06. The first kappa shape index (κ1) is 10.5. The van der Waals surface area contributed by atoms with Crippen LogP contribution in [-0.2, 0) is 10.8 Å². The summed E-state index contributed by atoms with van der Waals surface area (Å²) in [6.07, 6.45) is 0.128. The van der Waals surface area contributed by atoms with Crippen molar-refractivity contribution in [1.82, 2.24) is 10.2 Å². The summed E-state index contributed by atoms with van der Waals surface area (Å²) in [4.78, 5) is 2.17. The van der Waals surface area contributed by atoms with Crippen LogP contribution in [0.25, 0.3) is 0 Å². The van der Waals surface area contributed by atoms with Crippen LogP contribution in [0.2, 0.25) is 0 Å².